The first-order valence-electron chi connectivity index (χ1n) is 5.12. The summed E-state index contributed by atoms with van der Waals surface area (Å²) in [6, 6.07) is 1.38. The van der Waals surface area contributed by atoms with Gasteiger partial charge in [-0.25, -0.2) is 0 Å². The van der Waals surface area contributed by atoms with Gasteiger partial charge in [0.15, 0.2) is 0 Å². The fourth-order valence-electron chi connectivity index (χ4n) is 1.33. The summed E-state index contributed by atoms with van der Waals surface area (Å²) < 4.78 is 0.751. The van der Waals surface area contributed by atoms with Gasteiger partial charge in [0.2, 0.25) is 0 Å². The SMILES string of the molecule is CC(C)C(NC(=O)c1cncc(Br)c1)C(N)=S. The number of carbonyl (C=O) groups is 1. The van der Waals surface area contributed by atoms with E-state index in [-0.39, 0.29) is 22.9 Å². The fourth-order valence-corrected chi connectivity index (χ4v) is 2.02. The lowest BCUT2D eigenvalue weighted by Crippen LogP contribution is -2.46. The minimum Gasteiger partial charge on any atom is -0.392 e. The number of hydrogen-bond acceptors (Lipinski definition) is 3. The number of hydrogen-bond donors (Lipinski definition) is 2. The quantitative estimate of drug-likeness (QED) is 0.833. The Bertz CT molecular complexity index is 436. The van der Waals surface area contributed by atoms with E-state index < -0.39 is 0 Å². The van der Waals surface area contributed by atoms with Crippen molar-refractivity contribution in [2.75, 3.05) is 0 Å². The molecule has 4 nitrogen and oxygen atoms in total. The molecule has 0 aliphatic rings. The zero-order valence-electron chi connectivity index (χ0n) is 9.61. The van der Waals surface area contributed by atoms with Crippen molar-refractivity contribution in [3.8, 4) is 0 Å². The zero-order chi connectivity index (χ0) is 13.0. The summed E-state index contributed by atoms with van der Waals surface area (Å²) in [7, 11) is 0. The van der Waals surface area contributed by atoms with Crippen LogP contribution in [0.3, 0.4) is 0 Å². The van der Waals surface area contributed by atoms with Gasteiger partial charge in [0.05, 0.1) is 16.6 Å². The van der Waals surface area contributed by atoms with Gasteiger partial charge in [0, 0.05) is 16.9 Å². The van der Waals surface area contributed by atoms with E-state index in [4.69, 9.17) is 18.0 Å². The molecule has 0 aromatic carbocycles. The lowest BCUT2D eigenvalue weighted by Gasteiger charge is -2.20. The predicted molar refractivity (Wildman–Crippen MR) is 74.8 cm³/mol. The van der Waals surface area contributed by atoms with Crippen LogP contribution < -0.4 is 11.1 Å². The molecule has 3 N–H and O–H groups in total. The fraction of sp³-hybridized carbons (Fsp3) is 0.364. The summed E-state index contributed by atoms with van der Waals surface area (Å²) in [4.78, 5) is 16.1. The smallest absolute Gasteiger partial charge is 0.253 e. The number of carbonyl (C=O) groups excluding carboxylic acids is 1. The van der Waals surface area contributed by atoms with Crippen molar-refractivity contribution in [1.29, 1.82) is 0 Å². The van der Waals surface area contributed by atoms with Crippen LogP contribution in [0, 0.1) is 5.92 Å². The molecule has 0 aliphatic carbocycles. The normalized spacial score (nSPS) is 12.2. The van der Waals surface area contributed by atoms with E-state index >= 15 is 0 Å². The van der Waals surface area contributed by atoms with Gasteiger partial charge < -0.3 is 11.1 Å². The maximum atomic E-state index is 11.9. The van der Waals surface area contributed by atoms with Gasteiger partial charge in [-0.15, -0.1) is 0 Å². The molecule has 0 saturated carbocycles. The maximum Gasteiger partial charge on any atom is 0.253 e. The highest BCUT2D eigenvalue weighted by molar-refractivity contribution is 9.10. The Balaban J connectivity index is 2.81. The summed E-state index contributed by atoms with van der Waals surface area (Å²) in [6.07, 6.45) is 3.11. The molecule has 1 unspecified atom stereocenters. The number of nitrogens with zero attached hydrogens (tertiary/aromatic N) is 1. The molecule has 0 saturated heterocycles. The van der Waals surface area contributed by atoms with Crippen LogP contribution in [0.15, 0.2) is 22.9 Å². The highest BCUT2D eigenvalue weighted by Gasteiger charge is 2.19. The molecule has 0 fully saturated rings. The number of amides is 1. The molecule has 1 heterocycles. The summed E-state index contributed by atoms with van der Waals surface area (Å²) in [6.45, 7) is 3.90. The van der Waals surface area contributed by atoms with E-state index in [0.29, 0.717) is 5.56 Å². The van der Waals surface area contributed by atoms with Crippen molar-refractivity contribution in [2.24, 2.45) is 11.7 Å². The van der Waals surface area contributed by atoms with Crippen LogP contribution in [0.1, 0.15) is 24.2 Å². The summed E-state index contributed by atoms with van der Waals surface area (Å²) >= 11 is 8.19. The van der Waals surface area contributed by atoms with Crippen LogP contribution in [-0.2, 0) is 0 Å². The Morgan fingerprint density at radius 2 is 2.18 bits per heavy atom. The molecule has 17 heavy (non-hydrogen) atoms. The van der Waals surface area contributed by atoms with E-state index in [1.54, 1.807) is 12.3 Å². The van der Waals surface area contributed by atoms with Gasteiger partial charge in [-0.1, -0.05) is 26.1 Å². The molecule has 1 atom stereocenters. The first kappa shape index (κ1) is 14.1. The number of pyridine rings is 1. The third-order valence-corrected chi connectivity index (χ3v) is 2.91. The Hall–Kier alpha value is -1.01. The lowest BCUT2D eigenvalue weighted by atomic mass is 10.0. The minimum atomic E-state index is -0.309. The molecule has 1 amide bonds. The number of aromatic nitrogens is 1. The minimum absolute atomic E-state index is 0.150. The maximum absolute atomic E-state index is 11.9. The average molecular weight is 316 g/mol. The molecule has 92 valence electrons. The molecular weight excluding hydrogens is 302 g/mol. The lowest BCUT2D eigenvalue weighted by molar-refractivity contribution is 0.0939. The standard InChI is InChI=1S/C11H14BrN3OS/c1-6(2)9(10(13)17)15-11(16)7-3-8(12)5-14-4-7/h3-6,9H,1-2H3,(H2,13,17)(H,15,16). The van der Waals surface area contributed by atoms with Gasteiger partial charge >= 0.3 is 0 Å². The molecule has 0 spiro atoms. The van der Waals surface area contributed by atoms with Crippen molar-refractivity contribution in [3.05, 3.63) is 28.5 Å². The van der Waals surface area contributed by atoms with Crippen LogP contribution in [0.2, 0.25) is 0 Å². The van der Waals surface area contributed by atoms with Crippen LogP contribution in [0.5, 0.6) is 0 Å². The summed E-state index contributed by atoms with van der Waals surface area (Å²) in [5, 5.41) is 2.79. The third kappa shape index (κ3) is 4.05. The third-order valence-electron chi connectivity index (χ3n) is 2.23. The van der Waals surface area contributed by atoms with Gasteiger partial charge in [-0.2, -0.15) is 0 Å². The van der Waals surface area contributed by atoms with Crippen molar-refractivity contribution < 1.29 is 4.79 Å². The number of thiocarbonyl (C=S) groups is 1. The van der Waals surface area contributed by atoms with E-state index in [0.717, 1.165) is 4.47 Å². The number of nitrogens with one attached hydrogen (secondary N) is 1. The van der Waals surface area contributed by atoms with E-state index in [1.165, 1.54) is 6.20 Å². The monoisotopic (exact) mass is 315 g/mol. The number of nitrogens with two attached hydrogens (primary N) is 1. The second-order valence-corrected chi connectivity index (χ2v) is 5.38. The molecular formula is C11H14BrN3OS. The summed E-state index contributed by atoms with van der Waals surface area (Å²) in [5.41, 5.74) is 6.06. The Kier molecular flexibility index (Phi) is 5.02. The number of halogens is 1. The largest absolute Gasteiger partial charge is 0.392 e. The summed E-state index contributed by atoms with van der Waals surface area (Å²) in [5.74, 6) is -0.0816. The predicted octanol–water partition coefficient (Wildman–Crippen LogP) is 1.88. The van der Waals surface area contributed by atoms with E-state index in [2.05, 4.69) is 26.2 Å². The van der Waals surface area contributed by atoms with Gasteiger partial charge in [0.1, 0.15) is 0 Å². The molecule has 1 aromatic rings. The molecule has 0 bridgehead atoms. The van der Waals surface area contributed by atoms with Crippen LogP contribution >= 0.6 is 28.1 Å². The van der Waals surface area contributed by atoms with Gasteiger partial charge in [0.25, 0.3) is 5.91 Å². The Morgan fingerprint density at radius 1 is 1.53 bits per heavy atom. The zero-order valence-corrected chi connectivity index (χ0v) is 12.0. The second-order valence-electron chi connectivity index (χ2n) is 3.99. The van der Waals surface area contributed by atoms with Gasteiger partial charge in [-0.05, 0) is 27.9 Å². The van der Waals surface area contributed by atoms with Crippen LogP contribution in [-0.4, -0.2) is 21.9 Å². The molecule has 1 rings (SSSR count). The first-order valence-corrected chi connectivity index (χ1v) is 6.32. The molecule has 0 aliphatic heterocycles. The Morgan fingerprint density at radius 3 is 2.65 bits per heavy atom. The molecule has 6 heteroatoms. The van der Waals surface area contributed by atoms with Crippen molar-refractivity contribution >= 4 is 39.0 Å². The van der Waals surface area contributed by atoms with Gasteiger partial charge in [-0.3, -0.25) is 9.78 Å². The van der Waals surface area contributed by atoms with Crippen molar-refractivity contribution in [2.45, 2.75) is 19.9 Å². The number of rotatable bonds is 4. The highest BCUT2D eigenvalue weighted by atomic mass is 79.9. The topological polar surface area (TPSA) is 68.0 Å². The van der Waals surface area contributed by atoms with E-state index in [9.17, 15) is 4.79 Å². The Labute approximate surface area is 114 Å². The van der Waals surface area contributed by atoms with Crippen molar-refractivity contribution in [3.63, 3.8) is 0 Å². The van der Waals surface area contributed by atoms with Crippen LogP contribution in [0.25, 0.3) is 0 Å². The second kappa shape index (κ2) is 6.07. The van der Waals surface area contributed by atoms with Crippen LogP contribution in [0.4, 0.5) is 0 Å². The van der Waals surface area contributed by atoms with Crippen molar-refractivity contribution in [1.82, 2.24) is 10.3 Å². The average Bonchev–Trinajstić information content (AvgIpc) is 2.24. The highest BCUT2D eigenvalue weighted by Crippen LogP contribution is 2.10. The molecule has 1 aromatic heterocycles. The first-order chi connectivity index (χ1) is 7.91. The molecule has 0 radical (unpaired) electrons. The van der Waals surface area contributed by atoms with E-state index in [1.807, 2.05) is 13.8 Å².